The summed E-state index contributed by atoms with van der Waals surface area (Å²) >= 11 is 7.40. The molecule has 0 saturated heterocycles. The lowest BCUT2D eigenvalue weighted by molar-refractivity contribution is -0.119. The van der Waals surface area contributed by atoms with Crippen LogP contribution in [-0.4, -0.2) is 25.9 Å². The lowest BCUT2D eigenvalue weighted by Gasteiger charge is -2.09. The van der Waals surface area contributed by atoms with Gasteiger partial charge in [0.25, 0.3) is 5.91 Å². The first-order valence-electron chi connectivity index (χ1n) is 6.39. The van der Waals surface area contributed by atoms with Crippen molar-refractivity contribution >= 4 is 38.9 Å². The zero-order chi connectivity index (χ0) is 17.0. The molecule has 1 aromatic heterocycles. The number of amides is 1. The van der Waals surface area contributed by atoms with Crippen LogP contribution in [0.1, 0.15) is 10.7 Å². The molecule has 0 saturated carbocycles. The number of hydrogen-bond acceptors (Lipinski definition) is 6. The van der Waals surface area contributed by atoms with E-state index in [0.717, 1.165) is 5.01 Å². The first-order chi connectivity index (χ1) is 10.8. The van der Waals surface area contributed by atoms with Crippen molar-refractivity contribution in [3.8, 4) is 5.75 Å². The minimum absolute atomic E-state index is 0.0131. The highest BCUT2D eigenvalue weighted by Gasteiger charge is 2.16. The number of nitrogens with zero attached hydrogens (tertiary/aromatic N) is 1. The Hall–Kier alpha value is -1.68. The molecule has 0 aliphatic rings. The molecular formula is C13H14ClN3O4S2. The van der Waals surface area contributed by atoms with Gasteiger partial charge in [0, 0.05) is 5.38 Å². The molecule has 10 heteroatoms. The largest absolute Gasteiger partial charge is 0.482 e. The Kier molecular flexibility index (Phi) is 5.58. The molecule has 1 aromatic carbocycles. The van der Waals surface area contributed by atoms with Gasteiger partial charge in [0.15, 0.2) is 6.61 Å². The molecule has 3 N–H and O–H groups in total. The van der Waals surface area contributed by atoms with Gasteiger partial charge in [0.1, 0.15) is 5.75 Å². The fourth-order valence-electron chi connectivity index (χ4n) is 1.66. The first kappa shape index (κ1) is 17.7. The van der Waals surface area contributed by atoms with Crippen LogP contribution in [0.25, 0.3) is 0 Å². The lowest BCUT2D eigenvalue weighted by atomic mass is 10.3. The van der Waals surface area contributed by atoms with E-state index in [1.54, 1.807) is 5.38 Å². The third-order valence-electron chi connectivity index (χ3n) is 2.69. The number of sulfonamides is 1. The Morgan fingerprint density at radius 1 is 1.48 bits per heavy atom. The molecule has 2 aromatic rings. The summed E-state index contributed by atoms with van der Waals surface area (Å²) in [6, 6.07) is 3.94. The number of ether oxygens (including phenoxy) is 1. The second-order valence-electron chi connectivity index (χ2n) is 4.53. The molecule has 1 heterocycles. The van der Waals surface area contributed by atoms with E-state index in [9.17, 15) is 13.2 Å². The molecule has 1 amide bonds. The number of hydrogen-bond donors (Lipinski definition) is 2. The predicted molar refractivity (Wildman–Crippen MR) is 87.0 cm³/mol. The maximum Gasteiger partial charge on any atom is 0.255 e. The van der Waals surface area contributed by atoms with Crippen molar-refractivity contribution in [3.05, 3.63) is 39.3 Å². The summed E-state index contributed by atoms with van der Waals surface area (Å²) < 4.78 is 32.0. The third-order valence-corrected chi connectivity index (χ3v) is 5.21. The average molecular weight is 376 g/mol. The summed E-state index contributed by atoms with van der Waals surface area (Å²) in [6.45, 7) is 1.59. The van der Waals surface area contributed by atoms with Crippen molar-refractivity contribution in [2.24, 2.45) is 5.73 Å². The van der Waals surface area contributed by atoms with Crippen LogP contribution in [0.15, 0.2) is 28.5 Å². The van der Waals surface area contributed by atoms with Crippen LogP contribution in [0, 0.1) is 6.92 Å². The highest BCUT2D eigenvalue weighted by Crippen LogP contribution is 2.27. The number of primary amides is 1. The van der Waals surface area contributed by atoms with Gasteiger partial charge in [-0.2, -0.15) is 0 Å². The van der Waals surface area contributed by atoms with Crippen LogP contribution in [0.4, 0.5) is 0 Å². The number of rotatable bonds is 7. The summed E-state index contributed by atoms with van der Waals surface area (Å²) in [5, 5.41) is 2.71. The summed E-state index contributed by atoms with van der Waals surface area (Å²) in [4.78, 5) is 14.8. The van der Waals surface area contributed by atoms with Crippen LogP contribution in [0.2, 0.25) is 5.02 Å². The van der Waals surface area contributed by atoms with Crippen LogP contribution in [0.5, 0.6) is 5.75 Å². The van der Waals surface area contributed by atoms with Gasteiger partial charge >= 0.3 is 0 Å². The maximum atomic E-state index is 12.2. The lowest BCUT2D eigenvalue weighted by Crippen LogP contribution is -2.23. The Balaban J connectivity index is 2.10. The minimum atomic E-state index is -3.74. The van der Waals surface area contributed by atoms with Gasteiger partial charge in [-0.3, -0.25) is 4.79 Å². The van der Waals surface area contributed by atoms with E-state index in [2.05, 4.69) is 9.71 Å². The second kappa shape index (κ2) is 7.26. The molecule has 0 spiro atoms. The number of carbonyl (C=O) groups excluding carboxylic acids is 1. The fraction of sp³-hybridized carbons (Fsp3) is 0.231. The molecule has 0 aliphatic carbocycles. The van der Waals surface area contributed by atoms with Crippen LogP contribution in [0.3, 0.4) is 0 Å². The van der Waals surface area contributed by atoms with Gasteiger partial charge in [0.2, 0.25) is 10.0 Å². The van der Waals surface area contributed by atoms with Crippen molar-refractivity contribution in [1.82, 2.24) is 9.71 Å². The molecule has 0 bridgehead atoms. The van der Waals surface area contributed by atoms with Crippen LogP contribution < -0.4 is 15.2 Å². The topological polar surface area (TPSA) is 111 Å². The molecule has 0 fully saturated rings. The zero-order valence-electron chi connectivity index (χ0n) is 12.1. The molecule has 0 radical (unpaired) electrons. The van der Waals surface area contributed by atoms with Crippen molar-refractivity contribution in [2.75, 3.05) is 6.61 Å². The number of nitrogens with two attached hydrogens (primary N) is 1. The van der Waals surface area contributed by atoms with Crippen molar-refractivity contribution in [1.29, 1.82) is 0 Å². The standard InChI is InChI=1S/C13H14ClN3O4S2/c1-8-17-9(7-22-8)5-16-23(19,20)10-2-3-12(11(14)4-10)21-6-13(15)18/h2-4,7,16H,5-6H2,1H3,(H2,15,18). The smallest absolute Gasteiger partial charge is 0.255 e. The Morgan fingerprint density at radius 2 is 2.22 bits per heavy atom. The Morgan fingerprint density at radius 3 is 2.78 bits per heavy atom. The van der Waals surface area contributed by atoms with Crippen molar-refractivity contribution in [3.63, 3.8) is 0 Å². The maximum absolute atomic E-state index is 12.2. The van der Waals surface area contributed by atoms with E-state index >= 15 is 0 Å². The second-order valence-corrected chi connectivity index (χ2v) is 7.77. The number of aryl methyl sites for hydroxylation is 1. The molecule has 0 atom stereocenters. The van der Waals surface area contributed by atoms with Gasteiger partial charge in [-0.15, -0.1) is 11.3 Å². The van der Waals surface area contributed by atoms with E-state index in [1.807, 2.05) is 6.92 Å². The first-order valence-corrected chi connectivity index (χ1v) is 9.13. The fourth-order valence-corrected chi connectivity index (χ4v) is 3.59. The SMILES string of the molecule is Cc1nc(CNS(=O)(=O)c2ccc(OCC(N)=O)c(Cl)c2)cs1. The number of aromatic nitrogens is 1. The molecule has 23 heavy (non-hydrogen) atoms. The molecule has 7 nitrogen and oxygen atoms in total. The van der Waals surface area contributed by atoms with E-state index in [4.69, 9.17) is 22.1 Å². The molecule has 0 aliphatic heterocycles. The van der Waals surface area contributed by atoms with Gasteiger partial charge in [-0.05, 0) is 25.1 Å². The van der Waals surface area contributed by atoms with Gasteiger partial charge in [-0.1, -0.05) is 11.6 Å². The monoisotopic (exact) mass is 375 g/mol. The number of thiazole rings is 1. The van der Waals surface area contributed by atoms with Crippen LogP contribution >= 0.6 is 22.9 Å². The molecule has 124 valence electrons. The number of benzene rings is 1. The normalized spacial score (nSPS) is 11.4. The quantitative estimate of drug-likeness (QED) is 0.760. The van der Waals surface area contributed by atoms with Gasteiger partial charge in [0.05, 0.1) is 27.2 Å². The summed E-state index contributed by atoms with van der Waals surface area (Å²) in [5.74, 6) is -0.475. The highest BCUT2D eigenvalue weighted by molar-refractivity contribution is 7.89. The molecular weight excluding hydrogens is 362 g/mol. The summed E-state index contributed by atoms with van der Waals surface area (Å²) in [5.41, 5.74) is 5.61. The van der Waals surface area contributed by atoms with Crippen molar-refractivity contribution in [2.45, 2.75) is 18.4 Å². The number of nitrogens with one attached hydrogen (secondary N) is 1. The highest BCUT2D eigenvalue weighted by atomic mass is 35.5. The van der Waals surface area contributed by atoms with Crippen molar-refractivity contribution < 1.29 is 17.9 Å². The van der Waals surface area contributed by atoms with E-state index in [-0.39, 0.29) is 28.8 Å². The minimum Gasteiger partial charge on any atom is -0.482 e. The molecule has 2 rings (SSSR count). The number of halogens is 1. The predicted octanol–water partition coefficient (Wildman–Crippen LogP) is 1.45. The summed E-state index contributed by atoms with van der Waals surface area (Å²) in [6.07, 6.45) is 0. The van der Waals surface area contributed by atoms with Gasteiger partial charge < -0.3 is 10.5 Å². The Bertz CT molecular complexity index is 820. The Labute approximate surface area is 142 Å². The zero-order valence-corrected chi connectivity index (χ0v) is 14.5. The summed E-state index contributed by atoms with van der Waals surface area (Å²) in [7, 11) is -3.74. The third kappa shape index (κ3) is 4.90. The van der Waals surface area contributed by atoms with Crippen LogP contribution in [-0.2, 0) is 21.4 Å². The average Bonchev–Trinajstić information content (AvgIpc) is 2.89. The number of carbonyl (C=O) groups is 1. The molecule has 0 unspecified atom stereocenters. The van der Waals surface area contributed by atoms with E-state index in [0.29, 0.717) is 5.69 Å². The van der Waals surface area contributed by atoms with E-state index in [1.165, 1.54) is 29.5 Å². The van der Waals surface area contributed by atoms with E-state index < -0.39 is 15.9 Å². The van der Waals surface area contributed by atoms with Gasteiger partial charge in [-0.25, -0.2) is 18.1 Å².